The van der Waals surface area contributed by atoms with E-state index in [0.29, 0.717) is 16.5 Å². The number of anilines is 1. The molecule has 6 heteroatoms. The molecule has 0 unspecified atom stereocenters. The highest BCUT2D eigenvalue weighted by Crippen LogP contribution is 2.26. The van der Waals surface area contributed by atoms with Crippen molar-refractivity contribution in [3.63, 3.8) is 0 Å². The Balaban J connectivity index is 1.84. The van der Waals surface area contributed by atoms with Gasteiger partial charge in [0.1, 0.15) is 5.75 Å². The maximum absolute atomic E-state index is 12.0. The molecule has 1 amide bonds. The Hall–Kier alpha value is -2.60. The highest BCUT2D eigenvalue weighted by molar-refractivity contribution is 8.15. The summed E-state index contributed by atoms with van der Waals surface area (Å²) in [4.78, 5) is 13.6. The third kappa shape index (κ3) is 3.01. The lowest BCUT2D eigenvalue weighted by Gasteiger charge is -2.14. The standard InChI is InChI=1S/C16H13N3O2S/c20-14-9-5-4-6-12(14)10-17-18-16-19(15(21)11-22-16)13-7-2-1-3-8-13/h1-10,20H,11H2/b17-10+,18-16+. The van der Waals surface area contributed by atoms with Gasteiger partial charge in [0.05, 0.1) is 17.7 Å². The number of carbonyl (C=O) groups is 1. The Morgan fingerprint density at radius 1 is 1.09 bits per heavy atom. The largest absolute Gasteiger partial charge is 0.507 e. The van der Waals surface area contributed by atoms with Crippen LogP contribution >= 0.6 is 11.8 Å². The van der Waals surface area contributed by atoms with Crippen molar-refractivity contribution < 1.29 is 9.90 Å². The zero-order valence-electron chi connectivity index (χ0n) is 11.6. The number of amidine groups is 1. The second-order valence-electron chi connectivity index (χ2n) is 4.54. The van der Waals surface area contributed by atoms with Gasteiger partial charge < -0.3 is 5.11 Å². The van der Waals surface area contributed by atoms with Gasteiger partial charge >= 0.3 is 0 Å². The topological polar surface area (TPSA) is 65.3 Å². The molecule has 2 aromatic rings. The quantitative estimate of drug-likeness (QED) is 0.700. The molecular weight excluding hydrogens is 298 g/mol. The van der Waals surface area contributed by atoms with E-state index in [4.69, 9.17) is 0 Å². The lowest BCUT2D eigenvalue weighted by Crippen LogP contribution is -2.28. The second-order valence-corrected chi connectivity index (χ2v) is 5.48. The predicted octanol–water partition coefficient (Wildman–Crippen LogP) is 2.86. The lowest BCUT2D eigenvalue weighted by atomic mass is 10.2. The number of hydrogen-bond acceptors (Lipinski definition) is 5. The van der Waals surface area contributed by atoms with Crippen molar-refractivity contribution in [2.75, 3.05) is 10.7 Å². The number of benzene rings is 2. The van der Waals surface area contributed by atoms with Crippen LogP contribution in [0.4, 0.5) is 5.69 Å². The Labute approximate surface area is 132 Å². The van der Waals surface area contributed by atoms with Crippen molar-refractivity contribution in [3.05, 3.63) is 60.2 Å². The van der Waals surface area contributed by atoms with Crippen LogP contribution in [0.3, 0.4) is 0 Å². The number of amides is 1. The van der Waals surface area contributed by atoms with Crippen LogP contribution in [0.25, 0.3) is 0 Å². The summed E-state index contributed by atoms with van der Waals surface area (Å²) in [5, 5.41) is 18.3. The molecule has 22 heavy (non-hydrogen) atoms. The maximum atomic E-state index is 12.0. The molecule has 0 saturated carbocycles. The number of hydrogen-bond donors (Lipinski definition) is 1. The van der Waals surface area contributed by atoms with Gasteiger partial charge in [0.2, 0.25) is 5.91 Å². The third-order valence-electron chi connectivity index (χ3n) is 3.06. The number of carbonyl (C=O) groups excluding carboxylic acids is 1. The first-order valence-corrected chi connectivity index (χ1v) is 7.64. The fraction of sp³-hybridized carbons (Fsp3) is 0.0625. The minimum absolute atomic E-state index is 0.0206. The van der Waals surface area contributed by atoms with Crippen molar-refractivity contribution in [2.45, 2.75) is 0 Å². The average molecular weight is 311 g/mol. The van der Waals surface area contributed by atoms with Crippen molar-refractivity contribution >= 4 is 34.7 Å². The molecule has 0 bridgehead atoms. The third-order valence-corrected chi connectivity index (χ3v) is 3.97. The minimum Gasteiger partial charge on any atom is -0.507 e. The number of nitrogens with zero attached hydrogens (tertiary/aromatic N) is 3. The highest BCUT2D eigenvalue weighted by atomic mass is 32.2. The van der Waals surface area contributed by atoms with Crippen molar-refractivity contribution in [3.8, 4) is 5.75 Å². The van der Waals surface area contributed by atoms with Gasteiger partial charge in [-0.2, -0.15) is 5.10 Å². The summed E-state index contributed by atoms with van der Waals surface area (Å²) in [5.74, 6) is 0.467. The van der Waals surface area contributed by atoms with Crippen LogP contribution in [-0.4, -0.2) is 28.1 Å². The van der Waals surface area contributed by atoms with Crippen LogP contribution in [0.1, 0.15) is 5.56 Å². The molecule has 5 nitrogen and oxygen atoms in total. The van der Waals surface area contributed by atoms with Gasteiger partial charge in [0.25, 0.3) is 0 Å². The van der Waals surface area contributed by atoms with E-state index in [1.807, 2.05) is 30.3 Å². The molecule has 1 heterocycles. The van der Waals surface area contributed by atoms with E-state index < -0.39 is 0 Å². The van der Waals surface area contributed by atoms with Gasteiger partial charge in [-0.3, -0.25) is 9.69 Å². The summed E-state index contributed by atoms with van der Waals surface area (Å²) in [6.07, 6.45) is 1.47. The molecule has 0 radical (unpaired) electrons. The molecule has 3 rings (SSSR count). The van der Waals surface area contributed by atoms with E-state index in [2.05, 4.69) is 10.2 Å². The van der Waals surface area contributed by atoms with Gasteiger partial charge in [-0.05, 0) is 24.3 Å². The fourth-order valence-corrected chi connectivity index (χ4v) is 2.83. The molecule has 0 atom stereocenters. The van der Waals surface area contributed by atoms with E-state index >= 15 is 0 Å². The van der Waals surface area contributed by atoms with Crippen LogP contribution in [0, 0.1) is 0 Å². The number of aromatic hydroxyl groups is 1. The lowest BCUT2D eigenvalue weighted by molar-refractivity contribution is -0.115. The molecule has 1 aliphatic heterocycles. The minimum atomic E-state index is -0.0206. The Morgan fingerprint density at radius 3 is 2.59 bits per heavy atom. The van der Waals surface area contributed by atoms with Gasteiger partial charge in [-0.1, -0.05) is 42.1 Å². The molecule has 1 N–H and O–H groups in total. The zero-order chi connectivity index (χ0) is 15.4. The zero-order valence-corrected chi connectivity index (χ0v) is 12.4. The molecule has 1 fully saturated rings. The predicted molar refractivity (Wildman–Crippen MR) is 89.5 cm³/mol. The highest BCUT2D eigenvalue weighted by Gasteiger charge is 2.29. The van der Waals surface area contributed by atoms with E-state index in [1.165, 1.54) is 18.0 Å². The summed E-state index contributed by atoms with van der Waals surface area (Å²) >= 11 is 1.34. The summed E-state index contributed by atoms with van der Waals surface area (Å²) in [7, 11) is 0. The Morgan fingerprint density at radius 2 is 1.82 bits per heavy atom. The van der Waals surface area contributed by atoms with Gasteiger partial charge in [-0.15, -0.1) is 5.10 Å². The number of thioether (sulfide) groups is 1. The number of para-hydroxylation sites is 2. The summed E-state index contributed by atoms with van der Waals surface area (Å²) in [6.45, 7) is 0. The van der Waals surface area contributed by atoms with Crippen LogP contribution in [0.15, 0.2) is 64.8 Å². The molecule has 2 aromatic carbocycles. The summed E-state index contributed by atoms with van der Waals surface area (Å²) in [5.41, 5.74) is 1.35. The van der Waals surface area contributed by atoms with Gasteiger partial charge in [0, 0.05) is 5.56 Å². The molecule has 110 valence electrons. The molecule has 1 aliphatic rings. The Bertz CT molecular complexity index is 744. The monoisotopic (exact) mass is 311 g/mol. The van der Waals surface area contributed by atoms with Crippen molar-refractivity contribution in [1.29, 1.82) is 0 Å². The normalized spacial score (nSPS) is 16.8. The van der Waals surface area contributed by atoms with E-state index in [0.717, 1.165) is 5.69 Å². The number of phenols is 1. The molecule has 0 spiro atoms. The first-order valence-electron chi connectivity index (χ1n) is 6.65. The van der Waals surface area contributed by atoms with Crippen LogP contribution in [-0.2, 0) is 4.79 Å². The smallest absolute Gasteiger partial charge is 0.243 e. The van der Waals surface area contributed by atoms with E-state index in [9.17, 15) is 9.90 Å². The summed E-state index contributed by atoms with van der Waals surface area (Å²) < 4.78 is 0. The van der Waals surface area contributed by atoms with Crippen molar-refractivity contribution in [1.82, 2.24) is 0 Å². The second kappa shape index (κ2) is 6.44. The van der Waals surface area contributed by atoms with Crippen LogP contribution in [0.2, 0.25) is 0 Å². The maximum Gasteiger partial charge on any atom is 0.243 e. The molecule has 0 aromatic heterocycles. The van der Waals surface area contributed by atoms with Gasteiger partial charge in [0.15, 0.2) is 5.17 Å². The SMILES string of the molecule is O=C1CS/C(=N/N=C/c2ccccc2O)N1c1ccccc1. The molecule has 0 aliphatic carbocycles. The van der Waals surface area contributed by atoms with Crippen LogP contribution < -0.4 is 4.90 Å². The van der Waals surface area contributed by atoms with Crippen LogP contribution in [0.5, 0.6) is 5.75 Å². The van der Waals surface area contributed by atoms with E-state index in [1.54, 1.807) is 29.2 Å². The van der Waals surface area contributed by atoms with Crippen molar-refractivity contribution in [2.24, 2.45) is 10.2 Å². The number of phenolic OH excluding ortho intramolecular Hbond substituents is 1. The average Bonchev–Trinajstić information content (AvgIpc) is 2.91. The summed E-state index contributed by atoms with van der Waals surface area (Å²) in [6, 6.07) is 16.2. The molecule has 1 saturated heterocycles. The van der Waals surface area contributed by atoms with E-state index in [-0.39, 0.29) is 11.7 Å². The fourth-order valence-electron chi connectivity index (χ4n) is 2.00. The van der Waals surface area contributed by atoms with Gasteiger partial charge in [-0.25, -0.2) is 0 Å². The first-order chi connectivity index (χ1) is 10.8. The first kappa shape index (κ1) is 14.3. The molecular formula is C16H13N3O2S. The number of rotatable bonds is 3. The Kier molecular flexibility index (Phi) is 4.20.